The number of rotatable bonds is 6. The number of hydrogen-bond acceptors (Lipinski definition) is 2. The van der Waals surface area contributed by atoms with E-state index >= 15 is 0 Å². The van der Waals surface area contributed by atoms with E-state index in [1.807, 2.05) is 37.4 Å². The van der Waals surface area contributed by atoms with Crippen molar-refractivity contribution in [2.24, 2.45) is 0 Å². The molecule has 0 saturated carbocycles. The molecular weight excluding hydrogens is 302 g/mol. The van der Waals surface area contributed by atoms with Crippen LogP contribution < -0.4 is 10.6 Å². The molecule has 2 heterocycles. The topological polar surface area (TPSA) is 74.0 Å². The maximum Gasteiger partial charge on any atom is 0.243 e. The lowest BCUT2D eigenvalue weighted by atomic mass is 9.90. The van der Waals surface area contributed by atoms with Gasteiger partial charge in [0.1, 0.15) is 12.1 Å². The molecule has 0 spiro atoms. The molecule has 1 saturated heterocycles. The maximum atomic E-state index is 12.5. The summed E-state index contributed by atoms with van der Waals surface area (Å²) in [6, 6.07) is 7.08. The number of carbonyl (C=O) groups excluding carboxylic acids is 2. The molecule has 3 rings (SSSR count). The molecule has 1 aromatic heterocycles. The minimum Gasteiger partial charge on any atom is -0.361 e. The van der Waals surface area contributed by atoms with E-state index in [0.29, 0.717) is 6.42 Å². The zero-order valence-corrected chi connectivity index (χ0v) is 14.3. The molecule has 0 aliphatic carbocycles. The van der Waals surface area contributed by atoms with Crippen LogP contribution in [0.5, 0.6) is 0 Å². The van der Waals surface area contributed by atoms with Gasteiger partial charge in [0.05, 0.1) is 0 Å². The third-order valence-corrected chi connectivity index (χ3v) is 4.92. The average molecular weight is 327 g/mol. The third kappa shape index (κ3) is 3.16. The first-order valence-corrected chi connectivity index (χ1v) is 8.78. The number of nitrogens with one attached hydrogen (secondary N) is 3. The van der Waals surface area contributed by atoms with E-state index in [4.69, 9.17) is 0 Å². The van der Waals surface area contributed by atoms with Crippen molar-refractivity contribution < 1.29 is 9.59 Å². The number of carbonyl (C=O) groups is 2. The molecule has 128 valence electrons. The van der Waals surface area contributed by atoms with Gasteiger partial charge in [0.2, 0.25) is 11.8 Å². The van der Waals surface area contributed by atoms with Crippen LogP contribution in [-0.2, 0) is 9.59 Å². The Bertz CT molecular complexity index is 737. The molecule has 2 amide bonds. The Morgan fingerprint density at radius 2 is 1.88 bits per heavy atom. The second-order valence-corrected chi connectivity index (χ2v) is 6.62. The van der Waals surface area contributed by atoms with Crippen LogP contribution in [0.25, 0.3) is 10.9 Å². The normalized spacial score (nSPS) is 22.2. The highest BCUT2D eigenvalue weighted by atomic mass is 16.2. The van der Waals surface area contributed by atoms with Gasteiger partial charge in [0, 0.05) is 23.0 Å². The lowest BCUT2D eigenvalue weighted by Crippen LogP contribution is -2.62. The molecule has 5 nitrogen and oxygen atoms in total. The van der Waals surface area contributed by atoms with Gasteiger partial charge in [-0.15, -0.1) is 0 Å². The van der Waals surface area contributed by atoms with Crippen molar-refractivity contribution in [3.63, 3.8) is 0 Å². The molecule has 0 bridgehead atoms. The molecule has 1 aliphatic heterocycles. The van der Waals surface area contributed by atoms with Crippen LogP contribution in [-0.4, -0.2) is 28.9 Å². The highest BCUT2D eigenvalue weighted by molar-refractivity contribution is 5.98. The first-order valence-electron chi connectivity index (χ1n) is 8.78. The van der Waals surface area contributed by atoms with Crippen LogP contribution in [0.3, 0.4) is 0 Å². The second kappa shape index (κ2) is 7.07. The van der Waals surface area contributed by atoms with Gasteiger partial charge in [-0.3, -0.25) is 9.59 Å². The zero-order chi connectivity index (χ0) is 17.1. The van der Waals surface area contributed by atoms with E-state index < -0.39 is 12.1 Å². The number of piperazine rings is 1. The summed E-state index contributed by atoms with van der Waals surface area (Å²) in [5.74, 6) is -0.252. The van der Waals surface area contributed by atoms with E-state index in [1.54, 1.807) is 0 Å². The van der Waals surface area contributed by atoms with Gasteiger partial charge < -0.3 is 15.6 Å². The van der Waals surface area contributed by atoms with Crippen LogP contribution in [0, 0.1) is 0 Å². The molecule has 3 N–H and O–H groups in total. The minimum absolute atomic E-state index is 0.0672. The van der Waals surface area contributed by atoms with E-state index in [1.165, 1.54) is 0 Å². The summed E-state index contributed by atoms with van der Waals surface area (Å²) in [5, 5.41) is 6.93. The van der Waals surface area contributed by atoms with Crippen molar-refractivity contribution in [2.45, 2.75) is 57.5 Å². The van der Waals surface area contributed by atoms with Crippen LogP contribution in [0.2, 0.25) is 0 Å². The molecule has 1 aliphatic rings. The molecular formula is C19H25N3O2. The fraction of sp³-hybridized carbons (Fsp3) is 0.474. The van der Waals surface area contributed by atoms with Crippen LogP contribution in [0.15, 0.2) is 30.5 Å². The molecule has 5 heteroatoms. The Hall–Kier alpha value is -2.30. The summed E-state index contributed by atoms with van der Waals surface area (Å²) >= 11 is 0. The molecule has 2 aromatic rings. The van der Waals surface area contributed by atoms with Gasteiger partial charge in [-0.2, -0.15) is 0 Å². The Kier molecular flexibility index (Phi) is 4.88. The third-order valence-electron chi connectivity index (χ3n) is 4.92. The van der Waals surface area contributed by atoms with Gasteiger partial charge in [0.15, 0.2) is 0 Å². The number of amides is 2. The van der Waals surface area contributed by atoms with Gasteiger partial charge in [0.25, 0.3) is 0 Å². The smallest absolute Gasteiger partial charge is 0.243 e. The highest BCUT2D eigenvalue weighted by Gasteiger charge is 2.37. The molecule has 3 atom stereocenters. The molecule has 24 heavy (non-hydrogen) atoms. The van der Waals surface area contributed by atoms with E-state index in [9.17, 15) is 9.59 Å². The van der Waals surface area contributed by atoms with Crippen molar-refractivity contribution in [1.29, 1.82) is 0 Å². The van der Waals surface area contributed by atoms with Crippen LogP contribution in [0.4, 0.5) is 0 Å². The Morgan fingerprint density at radius 3 is 2.67 bits per heavy atom. The summed E-state index contributed by atoms with van der Waals surface area (Å²) in [6.45, 7) is 4.11. The average Bonchev–Trinajstić information content (AvgIpc) is 3.01. The maximum absolute atomic E-state index is 12.5. The van der Waals surface area contributed by atoms with E-state index in [-0.39, 0.29) is 17.7 Å². The number of aromatic amines is 1. The van der Waals surface area contributed by atoms with Gasteiger partial charge in [-0.1, -0.05) is 51.3 Å². The largest absolute Gasteiger partial charge is 0.361 e. The first kappa shape index (κ1) is 16.6. The Morgan fingerprint density at radius 1 is 1.08 bits per heavy atom. The van der Waals surface area contributed by atoms with Crippen LogP contribution >= 0.6 is 0 Å². The number of para-hydroxylation sites is 1. The van der Waals surface area contributed by atoms with Crippen molar-refractivity contribution >= 4 is 22.7 Å². The molecule has 1 fully saturated rings. The molecule has 1 aromatic carbocycles. The summed E-state index contributed by atoms with van der Waals surface area (Å²) in [7, 11) is 0. The quantitative estimate of drug-likeness (QED) is 0.714. The lowest BCUT2D eigenvalue weighted by Gasteiger charge is -2.33. The first-order chi connectivity index (χ1) is 11.6. The molecule has 0 radical (unpaired) electrons. The second-order valence-electron chi connectivity index (χ2n) is 6.62. The monoisotopic (exact) mass is 327 g/mol. The van der Waals surface area contributed by atoms with E-state index in [0.717, 1.165) is 35.7 Å². The summed E-state index contributed by atoms with van der Waals surface area (Å²) in [5.41, 5.74) is 2.09. The van der Waals surface area contributed by atoms with Crippen molar-refractivity contribution in [3.8, 4) is 0 Å². The van der Waals surface area contributed by atoms with Gasteiger partial charge in [-0.25, -0.2) is 0 Å². The van der Waals surface area contributed by atoms with Gasteiger partial charge in [-0.05, 0) is 18.1 Å². The number of unbranched alkanes of at least 4 members (excludes halogenated alkanes) is 2. The SMILES string of the molecule is CCCCCC1NC(=O)[C@@H](C(C)c2c[nH]c3ccccc23)NC1=O. The number of aromatic nitrogens is 1. The summed E-state index contributed by atoms with van der Waals surface area (Å²) in [6.07, 6.45) is 5.77. The number of fused-ring (bicyclic) bond motifs is 1. The van der Waals surface area contributed by atoms with Crippen LogP contribution in [0.1, 0.15) is 51.0 Å². The Labute approximate surface area is 142 Å². The summed E-state index contributed by atoms with van der Waals surface area (Å²) < 4.78 is 0. The predicted octanol–water partition coefficient (Wildman–Crippen LogP) is 2.83. The lowest BCUT2D eigenvalue weighted by molar-refractivity contribution is -0.137. The Balaban J connectivity index is 1.73. The fourth-order valence-electron chi connectivity index (χ4n) is 3.45. The van der Waals surface area contributed by atoms with E-state index in [2.05, 4.69) is 22.5 Å². The number of H-pyrrole nitrogens is 1. The standard InChI is InChI=1S/C19H25N3O2/c1-3-4-5-10-16-18(23)22-17(19(24)21-16)12(2)14-11-20-15-9-7-6-8-13(14)15/h6-9,11-12,16-17,20H,3-5,10H2,1-2H3,(H,21,24)(H,22,23)/t12?,16?,17-/m1/s1. The van der Waals surface area contributed by atoms with Gasteiger partial charge >= 0.3 is 0 Å². The predicted molar refractivity (Wildman–Crippen MR) is 94.7 cm³/mol. The number of hydrogen-bond donors (Lipinski definition) is 3. The minimum atomic E-state index is -0.529. The van der Waals surface area contributed by atoms with Crippen molar-refractivity contribution in [1.82, 2.24) is 15.6 Å². The highest BCUT2D eigenvalue weighted by Crippen LogP contribution is 2.28. The van der Waals surface area contributed by atoms with Crippen molar-refractivity contribution in [2.75, 3.05) is 0 Å². The summed E-state index contributed by atoms with van der Waals surface area (Å²) in [4.78, 5) is 28.1. The molecule has 2 unspecified atom stereocenters. The van der Waals surface area contributed by atoms with Crippen molar-refractivity contribution in [3.05, 3.63) is 36.0 Å². The fourth-order valence-corrected chi connectivity index (χ4v) is 3.45. The number of benzene rings is 1. The zero-order valence-electron chi connectivity index (χ0n) is 14.3.